The molecule has 1 aliphatic carbocycles. The number of ketones is 2. The van der Waals surface area contributed by atoms with Crippen LogP contribution in [0, 0.1) is 15.6 Å². The van der Waals surface area contributed by atoms with Gasteiger partial charge in [-0.05, 0) is 34.2 Å². The number of nitro benzene ring substituents is 1. The molecule has 1 aromatic carbocycles. The van der Waals surface area contributed by atoms with E-state index in [0.717, 1.165) is 6.08 Å². The summed E-state index contributed by atoms with van der Waals surface area (Å²) in [5.74, 6) is -1.22. The lowest BCUT2D eigenvalue weighted by Crippen LogP contribution is -2.16. The van der Waals surface area contributed by atoms with Crippen LogP contribution in [0.5, 0.6) is 0 Å². The predicted molar refractivity (Wildman–Crippen MR) is 71.0 cm³/mol. The van der Waals surface area contributed by atoms with E-state index in [-0.39, 0.29) is 11.3 Å². The fourth-order valence-corrected chi connectivity index (χ4v) is 1.38. The summed E-state index contributed by atoms with van der Waals surface area (Å²) in [6.45, 7) is 0. The van der Waals surface area contributed by atoms with Crippen molar-refractivity contribution in [3.63, 3.8) is 0 Å². The molecule has 2 rings (SSSR count). The van der Waals surface area contributed by atoms with Crippen LogP contribution in [0.4, 0.5) is 5.69 Å². The lowest BCUT2D eigenvalue weighted by atomic mass is 9.95. The van der Waals surface area contributed by atoms with Crippen LogP contribution in [0.1, 0.15) is 15.9 Å². The summed E-state index contributed by atoms with van der Waals surface area (Å²) in [5, 5.41) is 10.5. The molecular formula is C10H6N7O4-. The van der Waals surface area contributed by atoms with Gasteiger partial charge in [0.2, 0.25) is 11.6 Å². The lowest BCUT2D eigenvalue weighted by molar-refractivity contribution is -0.384. The number of nitrogens with zero attached hydrogens (tertiary/aromatic N) is 6. The van der Waals surface area contributed by atoms with Gasteiger partial charge in [-0.25, -0.2) is 0 Å². The maximum atomic E-state index is 11.3. The summed E-state index contributed by atoms with van der Waals surface area (Å²) in [6.07, 6.45) is 2.53. The van der Waals surface area contributed by atoms with E-state index in [2.05, 4.69) is 0 Å². The van der Waals surface area contributed by atoms with Crippen molar-refractivity contribution < 1.29 is 14.5 Å². The molecule has 0 fully saturated rings. The highest BCUT2D eigenvalue weighted by Crippen LogP contribution is 2.22. The number of hydrogen-bond donors (Lipinski definition) is 1. The fraction of sp³-hybridized carbons (Fsp3) is 0. The van der Waals surface area contributed by atoms with Crippen molar-refractivity contribution in [2.24, 2.45) is 0 Å². The Labute approximate surface area is 116 Å². The first-order valence-corrected chi connectivity index (χ1v) is 4.97. The largest absolute Gasteiger partial charge is 0.373 e. The highest BCUT2D eigenvalue weighted by Gasteiger charge is 2.22. The van der Waals surface area contributed by atoms with E-state index in [1.54, 1.807) is 4.91 Å². The van der Waals surface area contributed by atoms with Crippen LogP contribution in [0.2, 0.25) is 0 Å². The van der Waals surface area contributed by atoms with Gasteiger partial charge >= 0.3 is 0 Å². The molecule has 21 heavy (non-hydrogen) atoms. The molecule has 0 saturated heterocycles. The van der Waals surface area contributed by atoms with E-state index in [4.69, 9.17) is 22.1 Å². The van der Waals surface area contributed by atoms with E-state index in [1.807, 2.05) is 0 Å². The van der Waals surface area contributed by atoms with Crippen molar-refractivity contribution in [1.82, 2.24) is 0 Å². The molecule has 0 heterocycles. The number of fused-ring (bicyclic) bond motifs is 1. The molecule has 0 radical (unpaired) electrons. The zero-order chi connectivity index (χ0) is 16.4. The first kappa shape index (κ1) is 17.3. The Balaban J connectivity index is 0.000000578. The van der Waals surface area contributed by atoms with Crippen LogP contribution in [-0.4, -0.2) is 16.5 Å². The maximum absolute atomic E-state index is 11.3. The Bertz CT molecular complexity index is 671. The average Bonchev–Trinajstić information content (AvgIpc) is 2.44. The summed E-state index contributed by atoms with van der Waals surface area (Å²) >= 11 is 0. The Morgan fingerprint density at radius 3 is 2.14 bits per heavy atom. The Kier molecular flexibility index (Phi) is 6.95. The predicted octanol–water partition coefficient (Wildman–Crippen LogP) is 3.11. The molecule has 0 atom stereocenters. The summed E-state index contributed by atoms with van der Waals surface area (Å²) in [6, 6.07) is 3.79. The minimum Gasteiger partial charge on any atom is -0.373 e. The number of non-ortho nitro benzene ring substituents is 1. The van der Waals surface area contributed by atoms with Gasteiger partial charge in [-0.15, -0.1) is 5.53 Å². The third kappa shape index (κ3) is 4.83. The van der Waals surface area contributed by atoms with Gasteiger partial charge in [0, 0.05) is 17.7 Å². The second kappa shape index (κ2) is 8.43. The number of allylic oxidation sites excluding steroid dienone is 1. The van der Waals surface area contributed by atoms with Crippen molar-refractivity contribution in [1.29, 1.82) is 5.53 Å². The molecule has 1 aromatic rings. The number of nitro groups is 1. The number of Topliss-reactive ketones (excluding diaryl/α,β-unsaturated/α-hetero) is 1. The molecule has 0 aliphatic heterocycles. The van der Waals surface area contributed by atoms with Crippen LogP contribution in [0.3, 0.4) is 0 Å². The van der Waals surface area contributed by atoms with Crippen molar-refractivity contribution >= 4 is 23.3 Å². The topological polar surface area (TPSA) is 196 Å². The molecule has 0 aromatic heterocycles. The first-order valence-electron chi connectivity index (χ1n) is 4.97. The molecule has 0 spiro atoms. The van der Waals surface area contributed by atoms with Gasteiger partial charge in [0.1, 0.15) is 0 Å². The highest BCUT2D eigenvalue weighted by molar-refractivity contribution is 6.50. The van der Waals surface area contributed by atoms with Crippen molar-refractivity contribution in [3.05, 3.63) is 71.9 Å². The minimum absolute atomic E-state index is 0.0967. The summed E-state index contributed by atoms with van der Waals surface area (Å²) < 4.78 is 0. The van der Waals surface area contributed by atoms with Gasteiger partial charge in [0.05, 0.1) is 4.92 Å². The van der Waals surface area contributed by atoms with E-state index in [1.165, 1.54) is 29.2 Å². The number of hydrogen-bond acceptors (Lipinski definition) is 5. The third-order valence-electron chi connectivity index (χ3n) is 2.13. The normalized spacial score (nSPS) is 10.7. The van der Waals surface area contributed by atoms with Gasteiger partial charge in [-0.3, -0.25) is 24.6 Å². The lowest BCUT2D eigenvalue weighted by Gasteiger charge is -2.06. The molecule has 11 nitrogen and oxygen atoms in total. The quantitative estimate of drug-likeness (QED) is 0.207. The van der Waals surface area contributed by atoms with Crippen LogP contribution in [-0.2, 0) is 4.79 Å². The Morgan fingerprint density at radius 1 is 1.14 bits per heavy atom. The summed E-state index contributed by atoms with van der Waals surface area (Å²) in [4.78, 5) is 35.5. The molecule has 0 bridgehead atoms. The number of carbonyl (C=O) groups excluding carboxylic acids is 2. The Hall–Kier alpha value is -3.68. The average molecular weight is 288 g/mol. The van der Waals surface area contributed by atoms with Crippen LogP contribution in [0.15, 0.2) is 24.3 Å². The molecule has 11 heteroatoms. The van der Waals surface area contributed by atoms with Gasteiger partial charge in [0.15, 0.2) is 0 Å². The molecule has 1 aliphatic rings. The second-order valence-electron chi connectivity index (χ2n) is 3.24. The zero-order valence-corrected chi connectivity index (χ0v) is 10.2. The SMILES string of the molecule is O=C1C=Cc2cc([N+](=O)[O-])ccc2C1=O.[N-]=[N+]=N.[N-]=[N+]=[N-]. The van der Waals surface area contributed by atoms with Gasteiger partial charge in [-0.1, -0.05) is 0 Å². The smallest absolute Gasteiger partial charge is 0.270 e. The minimum atomic E-state index is -0.623. The molecule has 1 N–H and O–H groups in total. The molecular weight excluding hydrogens is 282 g/mol. The fourth-order valence-electron chi connectivity index (χ4n) is 1.38. The van der Waals surface area contributed by atoms with E-state index in [0.29, 0.717) is 5.56 Å². The summed E-state index contributed by atoms with van der Waals surface area (Å²) in [5.41, 5.74) is 26.3. The van der Waals surface area contributed by atoms with E-state index >= 15 is 0 Å². The Morgan fingerprint density at radius 2 is 1.67 bits per heavy atom. The van der Waals surface area contributed by atoms with Crippen molar-refractivity contribution in [3.8, 4) is 0 Å². The highest BCUT2D eigenvalue weighted by atomic mass is 16.6. The molecule has 0 amide bonds. The zero-order valence-electron chi connectivity index (χ0n) is 10.2. The van der Waals surface area contributed by atoms with E-state index < -0.39 is 16.5 Å². The van der Waals surface area contributed by atoms with Crippen molar-refractivity contribution in [2.45, 2.75) is 0 Å². The van der Waals surface area contributed by atoms with Crippen LogP contribution >= 0.6 is 0 Å². The third-order valence-corrected chi connectivity index (χ3v) is 2.13. The number of benzene rings is 1. The monoisotopic (exact) mass is 288 g/mol. The molecule has 0 unspecified atom stereocenters. The first-order chi connectivity index (χ1) is 9.92. The van der Waals surface area contributed by atoms with Gasteiger partial charge in [-0.2, -0.15) is 0 Å². The van der Waals surface area contributed by atoms with Crippen LogP contribution in [0.25, 0.3) is 32.5 Å². The van der Waals surface area contributed by atoms with Gasteiger partial charge < -0.3 is 11.1 Å². The number of carbonyl (C=O) groups is 2. The molecule has 0 saturated carbocycles. The summed E-state index contributed by atoms with van der Waals surface area (Å²) in [7, 11) is 0. The van der Waals surface area contributed by atoms with Gasteiger partial charge in [0.25, 0.3) is 5.69 Å². The second-order valence-corrected chi connectivity index (χ2v) is 3.24. The van der Waals surface area contributed by atoms with Crippen molar-refractivity contribution in [2.75, 3.05) is 0 Å². The number of rotatable bonds is 1. The maximum Gasteiger partial charge on any atom is 0.270 e. The van der Waals surface area contributed by atoms with E-state index in [9.17, 15) is 19.7 Å². The molecule has 106 valence electrons. The standard InChI is InChI=1S/C10H5NO4.HN3.N3/c12-9-4-1-6-5-7(11(14)15)2-3-8(6)10(9)13;2*1-3-2/h1-5H;1H;/q;;-1. The number of nitrogens with one attached hydrogen (secondary N) is 1. The van der Waals surface area contributed by atoms with Crippen LogP contribution < -0.4 is 0 Å².